The molecule has 4 rings (SSSR count). The van der Waals surface area contributed by atoms with Crippen molar-refractivity contribution in [1.29, 1.82) is 0 Å². The Hall–Kier alpha value is -1.22. The molecule has 3 heteroatoms. The van der Waals surface area contributed by atoms with Gasteiger partial charge in [0.1, 0.15) is 0 Å². The molecule has 0 aromatic rings. The van der Waals surface area contributed by atoms with Crippen molar-refractivity contribution in [2.75, 3.05) is 0 Å². The van der Waals surface area contributed by atoms with Gasteiger partial charge in [-0.2, -0.15) is 0 Å². The Bertz CT molecular complexity index is 879. The highest BCUT2D eigenvalue weighted by atomic mass is 16.3. The third kappa shape index (κ3) is 3.16. The molecule has 2 saturated carbocycles. The number of hydrogen-bond acceptors (Lipinski definition) is 3. The van der Waals surface area contributed by atoms with Crippen molar-refractivity contribution >= 4 is 11.6 Å². The van der Waals surface area contributed by atoms with Gasteiger partial charge in [0.15, 0.2) is 11.6 Å². The van der Waals surface area contributed by atoms with Crippen LogP contribution < -0.4 is 0 Å². The Balaban J connectivity index is 1.72. The number of Topliss-reactive ketones (excluding diaryl/α,β-unsaturated/α-hetero) is 1. The molecule has 0 bridgehead atoms. The molecule has 2 fully saturated rings. The fourth-order valence-corrected chi connectivity index (χ4v) is 8.92. The van der Waals surface area contributed by atoms with E-state index in [1.807, 2.05) is 6.08 Å². The van der Waals surface area contributed by atoms with Crippen LogP contribution in [0.1, 0.15) is 99.8 Å². The molecule has 0 aromatic carbocycles. The highest BCUT2D eigenvalue weighted by Crippen LogP contribution is 2.71. The third-order valence-electron chi connectivity index (χ3n) is 11.2. The van der Waals surface area contributed by atoms with Crippen LogP contribution in [0.2, 0.25) is 0 Å². The Morgan fingerprint density at radius 3 is 2.47 bits per heavy atom. The molecule has 32 heavy (non-hydrogen) atoms. The fraction of sp³-hybridized carbons (Fsp3) is 0.793. The Morgan fingerprint density at radius 1 is 1.12 bits per heavy atom. The van der Waals surface area contributed by atoms with E-state index in [4.69, 9.17) is 0 Å². The quantitative estimate of drug-likeness (QED) is 0.511. The van der Waals surface area contributed by atoms with Crippen LogP contribution in [0.15, 0.2) is 23.3 Å². The van der Waals surface area contributed by atoms with E-state index in [2.05, 4.69) is 41.5 Å². The minimum Gasteiger partial charge on any atom is -0.393 e. The van der Waals surface area contributed by atoms with Crippen LogP contribution in [0.3, 0.4) is 0 Å². The first-order valence-electron chi connectivity index (χ1n) is 12.9. The molecule has 0 radical (unpaired) electrons. The number of carbonyl (C=O) groups excluding carboxylic acids is 2. The van der Waals surface area contributed by atoms with Gasteiger partial charge in [-0.1, -0.05) is 53.2 Å². The van der Waals surface area contributed by atoms with E-state index in [0.717, 1.165) is 44.9 Å². The number of aliphatic hydroxyl groups excluding tert-OH is 1. The lowest BCUT2D eigenvalue weighted by molar-refractivity contribution is -0.134. The third-order valence-corrected chi connectivity index (χ3v) is 11.2. The molecule has 4 aliphatic rings. The topological polar surface area (TPSA) is 54.4 Å². The standard InChI is InChI=1S/C29H44O3/c1-18(9-8-10-19(2)30)20-11-16-29(7)25-21(12-15-28(20,29)6)27(5)14-13-24(32)26(3,4)23(27)17-22(25)31/h8,10,18,20,23-24,32H,9,11-17H2,1-7H3. The maximum absolute atomic E-state index is 13.8. The molecular formula is C29H44O3. The number of carbonyl (C=O) groups is 2. The summed E-state index contributed by atoms with van der Waals surface area (Å²) < 4.78 is 0. The molecular weight excluding hydrogens is 396 g/mol. The van der Waals surface area contributed by atoms with Gasteiger partial charge in [0.25, 0.3) is 0 Å². The number of fused-ring (bicyclic) bond motifs is 4. The normalized spacial score (nSPS) is 44.2. The van der Waals surface area contributed by atoms with Crippen LogP contribution >= 0.6 is 0 Å². The smallest absolute Gasteiger partial charge is 0.159 e. The van der Waals surface area contributed by atoms with Crippen LogP contribution in [-0.2, 0) is 9.59 Å². The molecule has 7 unspecified atom stereocenters. The average Bonchev–Trinajstić information content (AvgIpc) is 2.98. The SMILES string of the molecule is CC(=O)C=CCC(C)C1CCC2(C)C3=C(CCC12C)C1(C)CCC(O)C(C)(C)C1CC3=O. The first kappa shape index (κ1) is 23.9. The van der Waals surface area contributed by atoms with Crippen LogP contribution in [0.4, 0.5) is 0 Å². The second kappa shape index (κ2) is 7.65. The highest BCUT2D eigenvalue weighted by molar-refractivity contribution is 5.99. The number of ketones is 2. The van der Waals surface area contributed by atoms with Crippen molar-refractivity contribution in [3.8, 4) is 0 Å². The van der Waals surface area contributed by atoms with E-state index < -0.39 is 0 Å². The Morgan fingerprint density at radius 2 is 1.81 bits per heavy atom. The van der Waals surface area contributed by atoms with Gasteiger partial charge in [-0.05, 0) is 91.9 Å². The fourth-order valence-electron chi connectivity index (χ4n) is 8.92. The summed E-state index contributed by atoms with van der Waals surface area (Å²) in [7, 11) is 0. The number of aliphatic hydroxyl groups is 1. The predicted molar refractivity (Wildman–Crippen MR) is 129 cm³/mol. The van der Waals surface area contributed by atoms with E-state index in [1.165, 1.54) is 11.1 Å². The summed E-state index contributed by atoms with van der Waals surface area (Å²) in [5.74, 6) is 1.78. The molecule has 3 nitrogen and oxygen atoms in total. The molecule has 0 aromatic heterocycles. The van der Waals surface area contributed by atoms with Gasteiger partial charge in [-0.3, -0.25) is 9.59 Å². The van der Waals surface area contributed by atoms with Crippen LogP contribution in [0.5, 0.6) is 0 Å². The van der Waals surface area contributed by atoms with Crippen molar-refractivity contribution < 1.29 is 14.7 Å². The summed E-state index contributed by atoms with van der Waals surface area (Å²) in [4.78, 5) is 25.2. The molecule has 0 heterocycles. The van der Waals surface area contributed by atoms with Crippen molar-refractivity contribution in [2.24, 2.45) is 39.4 Å². The Labute approximate surface area is 195 Å². The van der Waals surface area contributed by atoms with Gasteiger partial charge in [0.2, 0.25) is 0 Å². The van der Waals surface area contributed by atoms with Crippen molar-refractivity contribution in [3.05, 3.63) is 23.3 Å². The summed E-state index contributed by atoms with van der Waals surface area (Å²) in [5, 5.41) is 10.8. The molecule has 0 amide bonds. The molecule has 178 valence electrons. The minimum atomic E-state index is -0.320. The molecule has 7 atom stereocenters. The van der Waals surface area contributed by atoms with Gasteiger partial charge in [-0.15, -0.1) is 0 Å². The average molecular weight is 441 g/mol. The zero-order valence-electron chi connectivity index (χ0n) is 21.4. The van der Waals surface area contributed by atoms with Crippen LogP contribution in [-0.4, -0.2) is 22.8 Å². The molecule has 0 aliphatic heterocycles. The van der Waals surface area contributed by atoms with E-state index in [9.17, 15) is 14.7 Å². The van der Waals surface area contributed by atoms with Gasteiger partial charge in [0, 0.05) is 17.4 Å². The largest absolute Gasteiger partial charge is 0.393 e. The number of allylic oxidation sites excluding steroid dienone is 4. The van der Waals surface area contributed by atoms with E-state index in [-0.39, 0.29) is 39.5 Å². The molecule has 1 N–H and O–H groups in total. The molecule has 0 spiro atoms. The maximum Gasteiger partial charge on any atom is 0.159 e. The maximum atomic E-state index is 13.8. The first-order valence-corrected chi connectivity index (χ1v) is 12.9. The lowest BCUT2D eigenvalue weighted by Gasteiger charge is -2.61. The number of rotatable bonds is 4. The lowest BCUT2D eigenvalue weighted by Crippen LogP contribution is -2.57. The summed E-state index contributed by atoms with van der Waals surface area (Å²) >= 11 is 0. The van der Waals surface area contributed by atoms with Gasteiger partial charge < -0.3 is 5.11 Å². The molecule has 0 saturated heterocycles. The number of hydrogen-bond donors (Lipinski definition) is 1. The Kier molecular flexibility index (Phi) is 5.72. The van der Waals surface area contributed by atoms with Gasteiger partial charge >= 0.3 is 0 Å². The summed E-state index contributed by atoms with van der Waals surface area (Å²) in [6, 6.07) is 0. The predicted octanol–water partition coefficient (Wildman–Crippen LogP) is 6.45. The van der Waals surface area contributed by atoms with Crippen molar-refractivity contribution in [1.82, 2.24) is 0 Å². The van der Waals surface area contributed by atoms with Gasteiger partial charge in [0.05, 0.1) is 6.10 Å². The van der Waals surface area contributed by atoms with E-state index >= 15 is 0 Å². The highest BCUT2D eigenvalue weighted by Gasteiger charge is 2.65. The minimum absolute atomic E-state index is 0.0320. The summed E-state index contributed by atoms with van der Waals surface area (Å²) in [6.07, 6.45) is 11.2. The lowest BCUT2D eigenvalue weighted by atomic mass is 9.43. The first-order chi connectivity index (χ1) is 14.8. The van der Waals surface area contributed by atoms with E-state index in [0.29, 0.717) is 24.0 Å². The molecule has 4 aliphatic carbocycles. The summed E-state index contributed by atoms with van der Waals surface area (Å²) in [6.45, 7) is 15.5. The van der Waals surface area contributed by atoms with Crippen molar-refractivity contribution in [2.45, 2.75) is 106 Å². The van der Waals surface area contributed by atoms with Crippen LogP contribution in [0, 0.1) is 39.4 Å². The van der Waals surface area contributed by atoms with Crippen LogP contribution in [0.25, 0.3) is 0 Å². The zero-order chi connectivity index (χ0) is 23.7. The van der Waals surface area contributed by atoms with Crippen molar-refractivity contribution in [3.63, 3.8) is 0 Å². The summed E-state index contributed by atoms with van der Waals surface area (Å²) in [5.41, 5.74) is 2.50. The monoisotopic (exact) mass is 440 g/mol. The van der Waals surface area contributed by atoms with Gasteiger partial charge in [-0.25, -0.2) is 0 Å². The zero-order valence-corrected chi connectivity index (χ0v) is 21.4. The second-order valence-corrected chi connectivity index (χ2v) is 12.9. The van der Waals surface area contributed by atoms with E-state index in [1.54, 1.807) is 13.0 Å². The second-order valence-electron chi connectivity index (χ2n) is 12.9.